The Morgan fingerprint density at radius 2 is 2.12 bits per heavy atom. The summed E-state index contributed by atoms with van der Waals surface area (Å²) in [5.41, 5.74) is 0.304. The van der Waals surface area contributed by atoms with Crippen LogP contribution in [-0.2, 0) is 10.0 Å². The van der Waals surface area contributed by atoms with Crippen molar-refractivity contribution in [2.75, 3.05) is 18.1 Å². The first-order valence-corrected chi connectivity index (χ1v) is 7.05. The highest BCUT2D eigenvalue weighted by Gasteiger charge is 2.27. The maximum Gasteiger partial charge on any atom is 0.229 e. The summed E-state index contributed by atoms with van der Waals surface area (Å²) < 4.78 is 35.5. The molecule has 1 N–H and O–H groups in total. The predicted molar refractivity (Wildman–Crippen MR) is 62.9 cm³/mol. The van der Waals surface area contributed by atoms with Crippen molar-refractivity contribution >= 4 is 15.7 Å². The van der Waals surface area contributed by atoms with E-state index >= 15 is 0 Å². The Balaban J connectivity index is 2.34. The van der Waals surface area contributed by atoms with Crippen molar-refractivity contribution in [1.82, 2.24) is 4.98 Å². The molecule has 1 saturated carbocycles. The lowest BCUT2D eigenvalue weighted by atomic mass is 10.3. The molecule has 1 aliphatic carbocycles. The number of anilines is 1. The maximum atomic E-state index is 11.2. The quantitative estimate of drug-likeness (QED) is 0.852. The third-order valence-corrected chi connectivity index (χ3v) is 2.78. The largest absolute Gasteiger partial charge is 0.491 e. The van der Waals surface area contributed by atoms with Crippen LogP contribution >= 0.6 is 0 Å². The summed E-state index contributed by atoms with van der Waals surface area (Å²) in [7, 11) is -1.88. The van der Waals surface area contributed by atoms with Gasteiger partial charge in [0.05, 0.1) is 31.9 Å². The number of nitrogens with one attached hydrogen (secondary N) is 1. The van der Waals surface area contributed by atoms with E-state index in [9.17, 15) is 8.42 Å². The van der Waals surface area contributed by atoms with Crippen molar-refractivity contribution in [1.29, 1.82) is 0 Å². The molecule has 0 bridgehead atoms. The van der Waals surface area contributed by atoms with E-state index in [1.165, 1.54) is 19.5 Å². The van der Waals surface area contributed by atoms with E-state index in [1.807, 2.05) is 0 Å². The average molecular weight is 258 g/mol. The van der Waals surface area contributed by atoms with Crippen LogP contribution in [0.2, 0.25) is 0 Å². The normalized spacial score (nSPS) is 15.4. The average Bonchev–Trinajstić information content (AvgIpc) is 3.02. The van der Waals surface area contributed by atoms with Crippen LogP contribution in [0.4, 0.5) is 5.69 Å². The fraction of sp³-hybridized carbons (Fsp3) is 0.500. The first-order valence-electron chi connectivity index (χ1n) is 5.16. The molecule has 1 aliphatic rings. The highest BCUT2D eigenvalue weighted by atomic mass is 32.2. The zero-order chi connectivity index (χ0) is 12.5. The Morgan fingerprint density at radius 3 is 2.65 bits per heavy atom. The Kier molecular flexibility index (Phi) is 3.10. The Bertz CT molecular complexity index is 511. The Morgan fingerprint density at radius 1 is 1.41 bits per heavy atom. The third-order valence-electron chi connectivity index (χ3n) is 2.19. The van der Waals surface area contributed by atoms with Crippen molar-refractivity contribution in [3.63, 3.8) is 0 Å². The number of nitrogens with zero attached hydrogens (tertiary/aromatic N) is 1. The van der Waals surface area contributed by atoms with Gasteiger partial charge in [-0.05, 0) is 12.8 Å². The minimum Gasteiger partial charge on any atom is -0.491 e. The van der Waals surface area contributed by atoms with Crippen molar-refractivity contribution in [2.24, 2.45) is 0 Å². The molecule has 0 aliphatic heterocycles. The summed E-state index contributed by atoms with van der Waals surface area (Å²) in [5.74, 6) is 0.820. The van der Waals surface area contributed by atoms with Crippen molar-refractivity contribution in [3.8, 4) is 11.5 Å². The van der Waals surface area contributed by atoms with Crippen LogP contribution in [0.15, 0.2) is 12.4 Å². The van der Waals surface area contributed by atoms with Gasteiger partial charge in [0.25, 0.3) is 0 Å². The highest BCUT2D eigenvalue weighted by molar-refractivity contribution is 7.92. The first-order chi connectivity index (χ1) is 7.99. The SMILES string of the molecule is COc1cncc(NS(C)(=O)=O)c1OC1CC1. The summed E-state index contributed by atoms with van der Waals surface area (Å²) in [4.78, 5) is 3.90. The molecule has 0 saturated heterocycles. The topological polar surface area (TPSA) is 77.5 Å². The first kappa shape index (κ1) is 12.0. The lowest BCUT2D eigenvalue weighted by Gasteiger charge is -2.14. The minimum absolute atomic E-state index is 0.145. The second-order valence-corrected chi connectivity index (χ2v) is 5.66. The second kappa shape index (κ2) is 4.40. The van der Waals surface area contributed by atoms with E-state index in [-0.39, 0.29) is 6.10 Å². The van der Waals surface area contributed by atoms with E-state index in [0.29, 0.717) is 17.2 Å². The van der Waals surface area contributed by atoms with Gasteiger partial charge in [0.15, 0.2) is 11.5 Å². The molecule has 0 radical (unpaired) electrons. The molecule has 0 unspecified atom stereocenters. The number of aromatic nitrogens is 1. The van der Waals surface area contributed by atoms with Gasteiger partial charge in [-0.15, -0.1) is 0 Å². The molecular formula is C10H14N2O4S. The standard InChI is InChI=1S/C10H14N2O4S/c1-15-9-6-11-5-8(12-17(2,13)14)10(9)16-7-3-4-7/h5-7,12H,3-4H2,1-2H3. The molecule has 0 atom stereocenters. The smallest absolute Gasteiger partial charge is 0.229 e. The Labute approximate surface area is 100 Å². The molecule has 1 aromatic rings. The monoisotopic (exact) mass is 258 g/mol. The molecule has 7 heteroatoms. The summed E-state index contributed by atoms with van der Waals surface area (Å²) in [6.45, 7) is 0. The zero-order valence-corrected chi connectivity index (χ0v) is 10.5. The van der Waals surface area contributed by atoms with Gasteiger partial charge in [0.2, 0.25) is 10.0 Å². The van der Waals surface area contributed by atoms with Crippen LogP contribution in [0.1, 0.15) is 12.8 Å². The molecule has 0 spiro atoms. The van der Waals surface area contributed by atoms with Crippen molar-refractivity contribution < 1.29 is 17.9 Å². The van der Waals surface area contributed by atoms with Crippen LogP contribution in [0.3, 0.4) is 0 Å². The molecule has 0 amide bonds. The fourth-order valence-electron chi connectivity index (χ4n) is 1.32. The molecule has 2 rings (SSSR count). The lowest BCUT2D eigenvalue weighted by molar-refractivity contribution is 0.283. The maximum absolute atomic E-state index is 11.2. The summed E-state index contributed by atoms with van der Waals surface area (Å²) >= 11 is 0. The molecule has 1 heterocycles. The van der Waals surface area contributed by atoms with E-state index in [1.54, 1.807) is 0 Å². The summed E-state index contributed by atoms with van der Waals surface area (Å²) in [5, 5.41) is 0. The van der Waals surface area contributed by atoms with Gasteiger partial charge in [-0.25, -0.2) is 8.42 Å². The molecule has 94 valence electrons. The number of sulfonamides is 1. The number of rotatable bonds is 5. The summed E-state index contributed by atoms with van der Waals surface area (Å²) in [6, 6.07) is 0. The molecule has 0 aromatic carbocycles. The van der Waals surface area contributed by atoms with Crippen molar-refractivity contribution in [2.45, 2.75) is 18.9 Å². The molecule has 17 heavy (non-hydrogen) atoms. The summed E-state index contributed by atoms with van der Waals surface area (Å²) in [6.07, 6.45) is 6.07. The van der Waals surface area contributed by atoms with Gasteiger partial charge in [-0.1, -0.05) is 0 Å². The van der Waals surface area contributed by atoms with Crippen LogP contribution in [0, 0.1) is 0 Å². The zero-order valence-electron chi connectivity index (χ0n) is 9.63. The number of ether oxygens (including phenoxy) is 2. The fourth-order valence-corrected chi connectivity index (χ4v) is 1.87. The molecular weight excluding hydrogens is 244 g/mol. The van der Waals surface area contributed by atoms with Gasteiger partial charge in [-0.2, -0.15) is 0 Å². The van der Waals surface area contributed by atoms with Gasteiger partial charge >= 0.3 is 0 Å². The van der Waals surface area contributed by atoms with E-state index in [0.717, 1.165) is 19.1 Å². The number of methoxy groups -OCH3 is 1. The molecule has 6 nitrogen and oxygen atoms in total. The Hall–Kier alpha value is -1.50. The van der Waals surface area contributed by atoms with Gasteiger partial charge in [-0.3, -0.25) is 9.71 Å². The number of hydrogen-bond donors (Lipinski definition) is 1. The van der Waals surface area contributed by atoms with E-state index < -0.39 is 10.0 Å². The number of pyridine rings is 1. The van der Waals surface area contributed by atoms with Crippen LogP contribution in [-0.4, -0.2) is 32.9 Å². The predicted octanol–water partition coefficient (Wildman–Crippen LogP) is 1.00. The number of hydrogen-bond acceptors (Lipinski definition) is 5. The molecule has 1 aromatic heterocycles. The van der Waals surface area contributed by atoms with Crippen LogP contribution in [0.25, 0.3) is 0 Å². The van der Waals surface area contributed by atoms with E-state index in [4.69, 9.17) is 9.47 Å². The van der Waals surface area contributed by atoms with Crippen molar-refractivity contribution in [3.05, 3.63) is 12.4 Å². The lowest BCUT2D eigenvalue weighted by Crippen LogP contribution is -2.12. The van der Waals surface area contributed by atoms with Gasteiger partial charge < -0.3 is 9.47 Å². The van der Waals surface area contributed by atoms with Crippen LogP contribution < -0.4 is 14.2 Å². The minimum atomic E-state index is -3.37. The molecule has 1 fully saturated rings. The highest BCUT2D eigenvalue weighted by Crippen LogP contribution is 2.38. The van der Waals surface area contributed by atoms with Crippen LogP contribution in [0.5, 0.6) is 11.5 Å². The second-order valence-electron chi connectivity index (χ2n) is 3.91. The van der Waals surface area contributed by atoms with Gasteiger partial charge in [0, 0.05) is 0 Å². The van der Waals surface area contributed by atoms with Gasteiger partial charge in [0.1, 0.15) is 5.69 Å². The third kappa shape index (κ3) is 3.23. The van der Waals surface area contributed by atoms with E-state index in [2.05, 4.69) is 9.71 Å².